The second-order valence-corrected chi connectivity index (χ2v) is 9.53. The highest BCUT2D eigenvalue weighted by Gasteiger charge is 2.43. The summed E-state index contributed by atoms with van der Waals surface area (Å²) in [5, 5.41) is 0.451. The number of rotatable bonds is 8. The van der Waals surface area contributed by atoms with Crippen molar-refractivity contribution in [1.82, 2.24) is 4.90 Å². The van der Waals surface area contributed by atoms with E-state index in [9.17, 15) is 9.59 Å². The van der Waals surface area contributed by atoms with Gasteiger partial charge in [0.05, 0.1) is 43.5 Å². The van der Waals surface area contributed by atoms with E-state index < -0.39 is 6.04 Å². The maximum atomic E-state index is 13.8. The predicted octanol–water partition coefficient (Wildman–Crippen LogP) is 5.87. The molecule has 7 heteroatoms. The monoisotopic (exact) mass is 487 g/mol. The van der Waals surface area contributed by atoms with E-state index in [0.717, 1.165) is 17.5 Å². The van der Waals surface area contributed by atoms with Crippen molar-refractivity contribution in [3.8, 4) is 11.5 Å². The largest absolute Gasteiger partial charge is 0.493 e. The van der Waals surface area contributed by atoms with Crippen LogP contribution in [0.2, 0.25) is 0 Å². The third-order valence-corrected chi connectivity index (χ3v) is 6.48. The van der Waals surface area contributed by atoms with Gasteiger partial charge in [0, 0.05) is 0 Å². The predicted molar refractivity (Wildman–Crippen MR) is 136 cm³/mol. The molecule has 7 nitrogen and oxygen atoms in total. The highest BCUT2D eigenvalue weighted by molar-refractivity contribution is 5.99. The summed E-state index contributed by atoms with van der Waals surface area (Å²) in [5.41, 5.74) is 2.16. The Hall–Kier alpha value is -4.00. The van der Waals surface area contributed by atoms with Crippen molar-refractivity contribution in [1.29, 1.82) is 0 Å². The number of methoxy groups -OCH3 is 1. The Kier molecular flexibility index (Phi) is 6.31. The molecule has 2 aromatic heterocycles. The number of hydrogen-bond donors (Lipinski definition) is 0. The summed E-state index contributed by atoms with van der Waals surface area (Å²) in [4.78, 5) is 29.0. The Morgan fingerprint density at radius 3 is 2.61 bits per heavy atom. The number of hydrogen-bond acceptors (Lipinski definition) is 6. The minimum absolute atomic E-state index is 0.0594. The first-order valence-corrected chi connectivity index (χ1v) is 12.1. The molecule has 3 heterocycles. The van der Waals surface area contributed by atoms with Gasteiger partial charge in [-0.1, -0.05) is 31.5 Å². The molecule has 186 valence electrons. The highest BCUT2D eigenvalue weighted by Crippen LogP contribution is 2.41. The number of amides is 1. The van der Waals surface area contributed by atoms with Crippen molar-refractivity contribution in [3.05, 3.63) is 93.2 Å². The van der Waals surface area contributed by atoms with Crippen molar-refractivity contribution in [3.63, 3.8) is 0 Å². The molecule has 0 N–H and O–H groups in total. The van der Waals surface area contributed by atoms with Crippen LogP contribution in [0.4, 0.5) is 0 Å². The van der Waals surface area contributed by atoms with Crippen LogP contribution < -0.4 is 14.9 Å². The van der Waals surface area contributed by atoms with E-state index in [0.29, 0.717) is 46.3 Å². The number of fused-ring (bicyclic) bond motifs is 2. The van der Waals surface area contributed by atoms with Crippen molar-refractivity contribution in [2.24, 2.45) is 5.92 Å². The molecular weight excluding hydrogens is 458 g/mol. The average molecular weight is 488 g/mol. The Bertz CT molecular complexity index is 1470. The fourth-order valence-electron chi connectivity index (χ4n) is 4.59. The van der Waals surface area contributed by atoms with E-state index in [1.54, 1.807) is 42.5 Å². The summed E-state index contributed by atoms with van der Waals surface area (Å²) in [6.45, 7) is 6.95. The summed E-state index contributed by atoms with van der Waals surface area (Å²) in [6, 6.07) is 13.8. The van der Waals surface area contributed by atoms with Crippen molar-refractivity contribution >= 4 is 16.9 Å². The lowest BCUT2D eigenvalue weighted by Gasteiger charge is -2.25. The number of ether oxygens (including phenoxy) is 2. The third-order valence-electron chi connectivity index (χ3n) is 6.48. The minimum atomic E-state index is -0.669. The molecule has 0 radical (unpaired) electrons. The Morgan fingerprint density at radius 1 is 1.06 bits per heavy atom. The zero-order valence-corrected chi connectivity index (χ0v) is 20.9. The van der Waals surface area contributed by atoms with Gasteiger partial charge in [0.25, 0.3) is 5.91 Å². The number of aryl methyl sites for hydroxylation is 1. The van der Waals surface area contributed by atoms with Crippen molar-refractivity contribution in [2.75, 3.05) is 13.7 Å². The summed E-state index contributed by atoms with van der Waals surface area (Å²) in [5.74, 6) is 1.98. The molecule has 0 fully saturated rings. The van der Waals surface area contributed by atoms with Gasteiger partial charge in [0.15, 0.2) is 16.9 Å². The third kappa shape index (κ3) is 4.26. The maximum absolute atomic E-state index is 13.8. The van der Waals surface area contributed by atoms with Crippen LogP contribution >= 0.6 is 0 Å². The summed E-state index contributed by atoms with van der Waals surface area (Å²) in [7, 11) is 1.58. The lowest BCUT2D eigenvalue weighted by molar-refractivity contribution is 0.0701. The zero-order valence-electron chi connectivity index (χ0n) is 20.9. The number of benzene rings is 2. The van der Waals surface area contributed by atoms with Crippen LogP contribution in [-0.4, -0.2) is 24.5 Å². The molecule has 0 unspecified atom stereocenters. The second-order valence-electron chi connectivity index (χ2n) is 9.53. The molecule has 0 bridgehead atoms. The molecule has 1 aliphatic heterocycles. The van der Waals surface area contributed by atoms with Gasteiger partial charge in [-0.2, -0.15) is 0 Å². The lowest BCUT2D eigenvalue weighted by Crippen LogP contribution is -2.29. The molecule has 4 aromatic rings. The fraction of sp³-hybridized carbons (Fsp3) is 0.310. The topological polar surface area (TPSA) is 82.1 Å². The van der Waals surface area contributed by atoms with Crippen LogP contribution in [0.5, 0.6) is 11.5 Å². The lowest BCUT2D eigenvalue weighted by atomic mass is 9.97. The number of furan rings is 1. The van der Waals surface area contributed by atoms with Gasteiger partial charge >= 0.3 is 0 Å². The zero-order chi connectivity index (χ0) is 25.4. The summed E-state index contributed by atoms with van der Waals surface area (Å²) in [6.07, 6.45) is 2.48. The van der Waals surface area contributed by atoms with Gasteiger partial charge < -0.3 is 23.2 Å². The molecule has 1 aliphatic rings. The molecule has 0 aliphatic carbocycles. The van der Waals surface area contributed by atoms with Crippen LogP contribution in [0, 0.1) is 12.8 Å². The Morgan fingerprint density at radius 2 is 1.89 bits per heavy atom. The minimum Gasteiger partial charge on any atom is -0.493 e. The SMILES string of the molecule is COc1cc([C@@H]2c3c(oc4ccc(C)cc4c3=O)C(=O)N2Cc2ccco2)ccc1OCCC(C)C. The average Bonchev–Trinajstić information content (AvgIpc) is 3.47. The van der Waals surface area contributed by atoms with Crippen LogP contribution in [0.25, 0.3) is 11.0 Å². The first kappa shape index (κ1) is 23.7. The fourth-order valence-corrected chi connectivity index (χ4v) is 4.59. The highest BCUT2D eigenvalue weighted by atomic mass is 16.5. The van der Waals surface area contributed by atoms with Crippen LogP contribution in [0.1, 0.15) is 59.3 Å². The maximum Gasteiger partial charge on any atom is 0.291 e. The second kappa shape index (κ2) is 9.57. The van der Waals surface area contributed by atoms with Gasteiger partial charge in [-0.05, 0) is 61.2 Å². The molecule has 2 aromatic carbocycles. The van der Waals surface area contributed by atoms with E-state index in [2.05, 4.69) is 13.8 Å². The van der Waals surface area contributed by atoms with E-state index in [4.69, 9.17) is 18.3 Å². The summed E-state index contributed by atoms with van der Waals surface area (Å²) < 4.78 is 23.1. The van der Waals surface area contributed by atoms with Gasteiger partial charge in [-0.3, -0.25) is 9.59 Å². The van der Waals surface area contributed by atoms with Gasteiger partial charge in [-0.25, -0.2) is 0 Å². The smallest absolute Gasteiger partial charge is 0.291 e. The Balaban J connectivity index is 1.63. The van der Waals surface area contributed by atoms with Crippen LogP contribution in [0.3, 0.4) is 0 Å². The van der Waals surface area contributed by atoms with E-state index in [1.807, 2.05) is 31.2 Å². The van der Waals surface area contributed by atoms with Gasteiger partial charge in [-0.15, -0.1) is 0 Å². The normalized spacial score (nSPS) is 15.1. The number of nitrogens with zero attached hydrogens (tertiary/aromatic N) is 1. The molecule has 5 rings (SSSR count). The molecule has 0 spiro atoms. The van der Waals surface area contributed by atoms with Gasteiger partial charge in [0.1, 0.15) is 11.3 Å². The quantitative estimate of drug-likeness (QED) is 0.309. The molecule has 1 atom stereocenters. The van der Waals surface area contributed by atoms with Crippen LogP contribution in [0.15, 0.2) is 68.4 Å². The molecule has 36 heavy (non-hydrogen) atoms. The Labute approximate surface area is 209 Å². The van der Waals surface area contributed by atoms with Gasteiger partial charge in [0.2, 0.25) is 5.76 Å². The van der Waals surface area contributed by atoms with E-state index >= 15 is 0 Å². The van der Waals surface area contributed by atoms with E-state index in [1.165, 1.54) is 0 Å². The molecule has 0 saturated heterocycles. The first-order chi connectivity index (χ1) is 17.4. The van der Waals surface area contributed by atoms with Crippen LogP contribution in [-0.2, 0) is 6.54 Å². The molecule has 1 amide bonds. The molecular formula is C29H29NO6. The van der Waals surface area contributed by atoms with Crippen molar-refractivity contribution < 1.29 is 23.1 Å². The summed E-state index contributed by atoms with van der Waals surface area (Å²) >= 11 is 0. The number of carbonyl (C=O) groups is 1. The first-order valence-electron chi connectivity index (χ1n) is 12.1. The van der Waals surface area contributed by atoms with E-state index in [-0.39, 0.29) is 23.6 Å². The standard InChI is InChI=1S/C29H29NO6/c1-17(2)11-13-35-23-10-8-19(15-24(23)33-4)26-25-27(31)21-14-18(3)7-9-22(21)36-28(25)29(32)30(26)16-20-6-5-12-34-20/h5-10,12,14-15,17,26H,11,13,16H2,1-4H3/t26-/m1/s1. The van der Waals surface area contributed by atoms with Crippen molar-refractivity contribution in [2.45, 2.75) is 39.8 Å². The number of carbonyl (C=O) groups excluding carboxylic acids is 1. The molecule has 0 saturated carbocycles.